The Kier molecular flexibility index (Phi) is 4.76. The van der Waals surface area contributed by atoms with E-state index in [0.29, 0.717) is 12.6 Å². The number of amides is 1. The molecule has 1 aromatic rings. The summed E-state index contributed by atoms with van der Waals surface area (Å²) in [6.45, 7) is 3.51. The smallest absolute Gasteiger partial charge is 0.234 e. The Balaban J connectivity index is 1.42. The van der Waals surface area contributed by atoms with Crippen molar-refractivity contribution >= 4 is 11.6 Å². The third-order valence-corrected chi connectivity index (χ3v) is 4.21. The van der Waals surface area contributed by atoms with Crippen molar-refractivity contribution in [3.8, 4) is 0 Å². The molecule has 1 aliphatic carbocycles. The maximum Gasteiger partial charge on any atom is 0.234 e. The number of rotatable bonds is 6. The van der Waals surface area contributed by atoms with Crippen LogP contribution in [-0.2, 0) is 11.3 Å². The van der Waals surface area contributed by atoms with Crippen LogP contribution in [0.25, 0.3) is 0 Å². The lowest BCUT2D eigenvalue weighted by Gasteiger charge is -2.28. The van der Waals surface area contributed by atoms with E-state index in [0.717, 1.165) is 19.4 Å². The number of hydrogen-bond donors (Lipinski definition) is 2. The number of anilines is 1. The molecule has 0 bridgehead atoms. The van der Waals surface area contributed by atoms with Crippen molar-refractivity contribution in [3.05, 3.63) is 29.8 Å². The van der Waals surface area contributed by atoms with Gasteiger partial charge in [0.2, 0.25) is 5.91 Å². The zero-order chi connectivity index (χ0) is 14.5. The molecule has 1 saturated heterocycles. The minimum atomic E-state index is 0.113. The van der Waals surface area contributed by atoms with Crippen LogP contribution in [0, 0.1) is 0 Å². The molecule has 3 rings (SSSR count). The van der Waals surface area contributed by atoms with Crippen LogP contribution < -0.4 is 15.5 Å². The van der Waals surface area contributed by atoms with Crippen molar-refractivity contribution in [2.45, 2.75) is 44.7 Å². The van der Waals surface area contributed by atoms with E-state index >= 15 is 0 Å². The lowest BCUT2D eigenvalue weighted by Crippen LogP contribution is -2.34. The molecule has 2 N–H and O–H groups in total. The standard InChI is InChI=1S/C17H25N3O/c21-17(19-15-6-7-15)13-18-12-14-4-8-16(9-5-14)20-10-2-1-3-11-20/h4-5,8-9,15,18H,1-3,6-7,10-13H2,(H,19,21). The summed E-state index contributed by atoms with van der Waals surface area (Å²) < 4.78 is 0. The van der Waals surface area contributed by atoms with Crippen LogP contribution >= 0.6 is 0 Å². The third kappa shape index (κ3) is 4.46. The summed E-state index contributed by atoms with van der Waals surface area (Å²) in [6.07, 6.45) is 6.26. The summed E-state index contributed by atoms with van der Waals surface area (Å²) in [5.74, 6) is 0.113. The van der Waals surface area contributed by atoms with Crippen molar-refractivity contribution in [1.29, 1.82) is 0 Å². The summed E-state index contributed by atoms with van der Waals surface area (Å²) in [5, 5.41) is 6.19. The monoisotopic (exact) mass is 287 g/mol. The minimum Gasteiger partial charge on any atom is -0.372 e. The predicted molar refractivity (Wildman–Crippen MR) is 85.4 cm³/mol. The SMILES string of the molecule is O=C(CNCc1ccc(N2CCCCC2)cc1)NC1CC1. The molecule has 0 aromatic heterocycles. The fraction of sp³-hybridized carbons (Fsp3) is 0.588. The molecule has 1 saturated carbocycles. The number of carbonyl (C=O) groups excluding carboxylic acids is 1. The molecule has 4 heteroatoms. The van der Waals surface area contributed by atoms with Gasteiger partial charge < -0.3 is 15.5 Å². The van der Waals surface area contributed by atoms with Gasteiger partial charge in [0.15, 0.2) is 0 Å². The van der Waals surface area contributed by atoms with Crippen molar-refractivity contribution in [2.75, 3.05) is 24.5 Å². The van der Waals surface area contributed by atoms with Gasteiger partial charge in [-0.1, -0.05) is 12.1 Å². The van der Waals surface area contributed by atoms with E-state index in [2.05, 4.69) is 39.8 Å². The van der Waals surface area contributed by atoms with E-state index in [1.165, 1.54) is 43.6 Å². The Hall–Kier alpha value is -1.55. The molecule has 21 heavy (non-hydrogen) atoms. The van der Waals surface area contributed by atoms with Crippen molar-refractivity contribution < 1.29 is 4.79 Å². The molecule has 0 spiro atoms. The first-order chi connectivity index (χ1) is 10.3. The van der Waals surface area contributed by atoms with Gasteiger partial charge >= 0.3 is 0 Å². The van der Waals surface area contributed by atoms with Gasteiger partial charge in [-0.25, -0.2) is 0 Å². The molecule has 0 atom stereocenters. The first kappa shape index (κ1) is 14.4. The molecular formula is C17H25N3O. The van der Waals surface area contributed by atoms with Crippen LogP contribution in [0.3, 0.4) is 0 Å². The Morgan fingerprint density at radius 2 is 1.81 bits per heavy atom. The first-order valence-corrected chi connectivity index (χ1v) is 8.15. The first-order valence-electron chi connectivity index (χ1n) is 8.15. The minimum absolute atomic E-state index is 0.113. The molecule has 4 nitrogen and oxygen atoms in total. The second-order valence-corrected chi connectivity index (χ2v) is 6.16. The Bertz CT molecular complexity index is 461. The molecule has 114 valence electrons. The van der Waals surface area contributed by atoms with Gasteiger partial charge in [-0.3, -0.25) is 4.79 Å². The fourth-order valence-electron chi connectivity index (χ4n) is 2.80. The maximum absolute atomic E-state index is 11.6. The van der Waals surface area contributed by atoms with E-state index in [4.69, 9.17) is 0 Å². The second kappa shape index (κ2) is 6.94. The molecule has 2 fully saturated rings. The van der Waals surface area contributed by atoms with E-state index in [1.807, 2.05) is 0 Å². The van der Waals surface area contributed by atoms with Gasteiger partial charge in [-0.2, -0.15) is 0 Å². The topological polar surface area (TPSA) is 44.4 Å². The maximum atomic E-state index is 11.6. The number of piperidine rings is 1. The fourth-order valence-corrected chi connectivity index (χ4v) is 2.80. The third-order valence-electron chi connectivity index (χ3n) is 4.21. The summed E-state index contributed by atoms with van der Waals surface area (Å²) in [5.41, 5.74) is 2.56. The largest absolute Gasteiger partial charge is 0.372 e. The Labute approximate surface area is 126 Å². The Morgan fingerprint density at radius 1 is 1.10 bits per heavy atom. The van der Waals surface area contributed by atoms with Crippen LogP contribution in [0.4, 0.5) is 5.69 Å². The Morgan fingerprint density at radius 3 is 2.48 bits per heavy atom. The molecule has 1 heterocycles. The normalized spacial score (nSPS) is 18.6. The average Bonchev–Trinajstić information content (AvgIpc) is 3.33. The van der Waals surface area contributed by atoms with Gasteiger partial charge in [0.25, 0.3) is 0 Å². The van der Waals surface area contributed by atoms with Crippen molar-refractivity contribution in [3.63, 3.8) is 0 Å². The highest BCUT2D eigenvalue weighted by atomic mass is 16.2. The lowest BCUT2D eigenvalue weighted by molar-refractivity contribution is -0.120. The van der Waals surface area contributed by atoms with Crippen LogP contribution in [0.1, 0.15) is 37.7 Å². The highest BCUT2D eigenvalue weighted by Gasteiger charge is 2.22. The van der Waals surface area contributed by atoms with Crippen molar-refractivity contribution in [2.24, 2.45) is 0 Å². The van der Waals surface area contributed by atoms with E-state index < -0.39 is 0 Å². The number of nitrogens with one attached hydrogen (secondary N) is 2. The van der Waals surface area contributed by atoms with E-state index in [1.54, 1.807) is 0 Å². The van der Waals surface area contributed by atoms with Crippen LogP contribution in [0.15, 0.2) is 24.3 Å². The molecule has 0 radical (unpaired) electrons. The number of carbonyl (C=O) groups is 1. The van der Waals surface area contributed by atoms with E-state index in [9.17, 15) is 4.79 Å². The van der Waals surface area contributed by atoms with Crippen LogP contribution in [0.2, 0.25) is 0 Å². The van der Waals surface area contributed by atoms with Gasteiger partial charge in [0.1, 0.15) is 0 Å². The summed E-state index contributed by atoms with van der Waals surface area (Å²) in [4.78, 5) is 14.0. The van der Waals surface area contributed by atoms with Gasteiger partial charge in [-0.05, 0) is 49.8 Å². The molecule has 1 amide bonds. The average molecular weight is 287 g/mol. The molecule has 1 aromatic carbocycles. The number of hydrogen-bond acceptors (Lipinski definition) is 3. The molecule has 2 aliphatic rings. The highest BCUT2D eigenvalue weighted by Crippen LogP contribution is 2.20. The van der Waals surface area contributed by atoms with Gasteiger partial charge in [-0.15, -0.1) is 0 Å². The summed E-state index contributed by atoms with van der Waals surface area (Å²) in [6, 6.07) is 9.17. The quantitative estimate of drug-likeness (QED) is 0.841. The highest BCUT2D eigenvalue weighted by molar-refractivity contribution is 5.78. The number of benzene rings is 1. The van der Waals surface area contributed by atoms with Crippen LogP contribution in [0.5, 0.6) is 0 Å². The molecule has 1 aliphatic heterocycles. The van der Waals surface area contributed by atoms with Crippen molar-refractivity contribution in [1.82, 2.24) is 10.6 Å². The zero-order valence-corrected chi connectivity index (χ0v) is 12.6. The summed E-state index contributed by atoms with van der Waals surface area (Å²) in [7, 11) is 0. The summed E-state index contributed by atoms with van der Waals surface area (Å²) >= 11 is 0. The molecule has 0 unspecified atom stereocenters. The van der Waals surface area contributed by atoms with Gasteiger partial charge in [0.05, 0.1) is 6.54 Å². The second-order valence-electron chi connectivity index (χ2n) is 6.16. The molecular weight excluding hydrogens is 262 g/mol. The lowest BCUT2D eigenvalue weighted by atomic mass is 10.1. The number of nitrogens with zero attached hydrogens (tertiary/aromatic N) is 1. The zero-order valence-electron chi connectivity index (χ0n) is 12.6. The van der Waals surface area contributed by atoms with Gasteiger partial charge in [0, 0.05) is 31.4 Å². The van der Waals surface area contributed by atoms with Crippen LogP contribution in [-0.4, -0.2) is 31.6 Å². The predicted octanol–water partition coefficient (Wildman–Crippen LogP) is 2.05. The van der Waals surface area contributed by atoms with E-state index in [-0.39, 0.29) is 5.91 Å².